The molecule has 1 aliphatic rings. The SMILES string of the molecule is O=C(Nc1ccccc1)C1=C[C@H](c2ccc(Br)cc2)C[C@H](OCCCCO)O1. The maximum absolute atomic E-state index is 12.7. The smallest absolute Gasteiger partial charge is 0.290 e. The van der Waals surface area contributed by atoms with Crippen LogP contribution in [0.2, 0.25) is 0 Å². The highest BCUT2D eigenvalue weighted by atomic mass is 79.9. The van der Waals surface area contributed by atoms with Gasteiger partial charge < -0.3 is 19.9 Å². The molecule has 0 spiro atoms. The lowest BCUT2D eigenvalue weighted by molar-refractivity contribution is -0.143. The summed E-state index contributed by atoms with van der Waals surface area (Å²) >= 11 is 3.45. The Labute approximate surface area is 173 Å². The van der Waals surface area contributed by atoms with Crippen molar-refractivity contribution in [3.05, 3.63) is 76.5 Å². The summed E-state index contributed by atoms with van der Waals surface area (Å²) in [6, 6.07) is 17.3. The standard InChI is InChI=1S/C22H24BrNO4/c23-18-10-8-16(9-11-18)17-14-20(22(26)24-19-6-2-1-3-7-19)28-21(15-17)27-13-5-4-12-25/h1-3,6-11,14,17,21,25H,4-5,12-13,15H2,(H,24,26)/t17-,21+/m0/s1. The van der Waals surface area contributed by atoms with E-state index in [1.165, 1.54) is 0 Å². The molecule has 0 saturated carbocycles. The second-order valence-corrected chi connectivity index (χ2v) is 7.51. The van der Waals surface area contributed by atoms with Crippen LogP contribution < -0.4 is 5.32 Å². The fourth-order valence-corrected chi connectivity index (χ4v) is 3.27. The fourth-order valence-electron chi connectivity index (χ4n) is 3.00. The predicted octanol–water partition coefficient (Wildman–Crippen LogP) is 4.59. The Morgan fingerprint density at radius 2 is 1.89 bits per heavy atom. The van der Waals surface area contributed by atoms with Crippen molar-refractivity contribution in [2.75, 3.05) is 18.5 Å². The molecule has 0 aromatic heterocycles. The van der Waals surface area contributed by atoms with Crippen LogP contribution in [0.3, 0.4) is 0 Å². The highest BCUT2D eigenvalue weighted by Crippen LogP contribution is 2.32. The zero-order chi connectivity index (χ0) is 19.8. The summed E-state index contributed by atoms with van der Waals surface area (Å²) in [7, 11) is 0. The number of amides is 1. The number of nitrogens with one attached hydrogen (secondary N) is 1. The Morgan fingerprint density at radius 1 is 1.14 bits per heavy atom. The number of unbranched alkanes of at least 4 members (excludes halogenated alkanes) is 1. The predicted molar refractivity (Wildman–Crippen MR) is 112 cm³/mol. The van der Waals surface area contributed by atoms with Gasteiger partial charge in [0.15, 0.2) is 5.76 Å². The van der Waals surface area contributed by atoms with Gasteiger partial charge in [0, 0.05) is 29.1 Å². The number of ether oxygens (including phenoxy) is 2. The molecule has 5 nitrogen and oxygen atoms in total. The summed E-state index contributed by atoms with van der Waals surface area (Å²) in [5.74, 6) is -0.0200. The molecular formula is C22H24BrNO4. The van der Waals surface area contributed by atoms with Gasteiger partial charge in [0.2, 0.25) is 6.29 Å². The number of halogens is 1. The molecule has 3 rings (SSSR count). The van der Waals surface area contributed by atoms with Crippen molar-refractivity contribution in [1.29, 1.82) is 0 Å². The first-order valence-electron chi connectivity index (χ1n) is 9.38. The Bertz CT molecular complexity index is 792. The van der Waals surface area contributed by atoms with Crippen molar-refractivity contribution < 1.29 is 19.4 Å². The van der Waals surface area contributed by atoms with Gasteiger partial charge in [-0.1, -0.05) is 46.3 Å². The highest BCUT2D eigenvalue weighted by molar-refractivity contribution is 9.10. The van der Waals surface area contributed by atoms with Gasteiger partial charge in [-0.05, 0) is 48.7 Å². The van der Waals surface area contributed by atoms with Crippen molar-refractivity contribution in [3.63, 3.8) is 0 Å². The molecule has 148 valence electrons. The fraction of sp³-hybridized carbons (Fsp3) is 0.318. The Morgan fingerprint density at radius 3 is 2.61 bits per heavy atom. The van der Waals surface area contributed by atoms with E-state index >= 15 is 0 Å². The van der Waals surface area contributed by atoms with Gasteiger partial charge in [-0.25, -0.2) is 0 Å². The van der Waals surface area contributed by atoms with E-state index < -0.39 is 6.29 Å². The number of aliphatic hydroxyl groups excluding tert-OH is 1. The number of hydrogen-bond donors (Lipinski definition) is 2. The molecule has 0 bridgehead atoms. The lowest BCUT2D eigenvalue weighted by atomic mass is 9.93. The molecule has 2 N–H and O–H groups in total. The molecule has 1 amide bonds. The summed E-state index contributed by atoms with van der Waals surface area (Å²) in [6.07, 6.45) is 3.40. The van der Waals surface area contributed by atoms with Gasteiger partial charge in [-0.15, -0.1) is 0 Å². The number of allylic oxidation sites excluding steroid dienone is 1. The second-order valence-electron chi connectivity index (χ2n) is 6.59. The van der Waals surface area contributed by atoms with Crippen LogP contribution in [0.5, 0.6) is 0 Å². The van der Waals surface area contributed by atoms with Crippen LogP contribution in [0.15, 0.2) is 70.9 Å². The second kappa shape index (κ2) is 10.4. The lowest BCUT2D eigenvalue weighted by Crippen LogP contribution is -2.29. The quantitative estimate of drug-likeness (QED) is 0.582. The van der Waals surface area contributed by atoms with E-state index in [-0.39, 0.29) is 24.2 Å². The Hall–Kier alpha value is -2.15. The number of aliphatic hydroxyl groups is 1. The first kappa shape index (κ1) is 20.6. The van der Waals surface area contributed by atoms with Gasteiger partial charge >= 0.3 is 0 Å². The molecule has 0 saturated heterocycles. The maximum Gasteiger partial charge on any atom is 0.290 e. The van der Waals surface area contributed by atoms with E-state index in [2.05, 4.69) is 21.2 Å². The van der Waals surface area contributed by atoms with Gasteiger partial charge in [-0.2, -0.15) is 0 Å². The van der Waals surface area contributed by atoms with Gasteiger partial charge in [0.05, 0.1) is 6.61 Å². The molecule has 2 aromatic carbocycles. The van der Waals surface area contributed by atoms with Gasteiger partial charge in [0.1, 0.15) is 0 Å². The summed E-state index contributed by atoms with van der Waals surface area (Å²) < 4.78 is 12.7. The largest absolute Gasteiger partial charge is 0.459 e. The Kier molecular flexibility index (Phi) is 7.65. The first-order chi connectivity index (χ1) is 13.7. The number of anilines is 1. The topological polar surface area (TPSA) is 67.8 Å². The number of carbonyl (C=O) groups is 1. The van der Waals surface area contributed by atoms with Crippen LogP contribution in [0.25, 0.3) is 0 Å². The molecular weight excluding hydrogens is 422 g/mol. The van der Waals surface area contributed by atoms with E-state index in [1.54, 1.807) is 0 Å². The summed E-state index contributed by atoms with van der Waals surface area (Å²) in [5, 5.41) is 11.8. The van der Waals surface area contributed by atoms with Crippen molar-refractivity contribution >= 4 is 27.5 Å². The summed E-state index contributed by atoms with van der Waals surface area (Å²) in [6.45, 7) is 0.618. The number of carbonyl (C=O) groups excluding carboxylic acids is 1. The van der Waals surface area contributed by atoms with Gasteiger partial charge in [0.25, 0.3) is 5.91 Å². The third-order valence-electron chi connectivity index (χ3n) is 4.47. The molecule has 0 aliphatic carbocycles. The third-order valence-corrected chi connectivity index (χ3v) is 5.00. The lowest BCUT2D eigenvalue weighted by Gasteiger charge is -2.29. The zero-order valence-corrected chi connectivity index (χ0v) is 17.1. The minimum absolute atomic E-state index is 0.0150. The molecule has 1 aliphatic heterocycles. The van der Waals surface area contributed by atoms with E-state index in [1.807, 2.05) is 60.7 Å². The molecule has 2 atom stereocenters. The monoisotopic (exact) mass is 445 g/mol. The Balaban J connectivity index is 1.74. The van der Waals surface area contributed by atoms with Crippen LogP contribution in [0, 0.1) is 0 Å². The van der Waals surface area contributed by atoms with Crippen LogP contribution in [0.4, 0.5) is 5.69 Å². The number of hydrogen-bond acceptors (Lipinski definition) is 4. The third kappa shape index (κ3) is 5.92. The molecule has 6 heteroatoms. The summed E-state index contributed by atoms with van der Waals surface area (Å²) in [5.41, 5.74) is 1.81. The van der Waals surface area contributed by atoms with E-state index in [9.17, 15) is 4.79 Å². The van der Waals surface area contributed by atoms with Crippen molar-refractivity contribution in [2.45, 2.75) is 31.5 Å². The minimum Gasteiger partial charge on any atom is -0.459 e. The normalized spacial score (nSPS) is 18.9. The van der Waals surface area contributed by atoms with Crippen molar-refractivity contribution in [1.82, 2.24) is 0 Å². The molecule has 28 heavy (non-hydrogen) atoms. The highest BCUT2D eigenvalue weighted by Gasteiger charge is 2.28. The maximum atomic E-state index is 12.7. The first-order valence-corrected chi connectivity index (χ1v) is 10.2. The van der Waals surface area contributed by atoms with Gasteiger partial charge in [-0.3, -0.25) is 4.79 Å². The van der Waals surface area contributed by atoms with Crippen LogP contribution in [-0.2, 0) is 14.3 Å². The van der Waals surface area contributed by atoms with E-state index in [4.69, 9.17) is 14.6 Å². The molecule has 1 heterocycles. The van der Waals surface area contributed by atoms with Crippen LogP contribution in [-0.4, -0.2) is 30.5 Å². The average molecular weight is 446 g/mol. The molecule has 0 fully saturated rings. The number of rotatable bonds is 8. The van der Waals surface area contributed by atoms with Crippen LogP contribution >= 0.6 is 15.9 Å². The van der Waals surface area contributed by atoms with Crippen LogP contribution in [0.1, 0.15) is 30.7 Å². The number of benzene rings is 2. The summed E-state index contributed by atoms with van der Waals surface area (Å²) in [4.78, 5) is 12.7. The molecule has 0 unspecified atom stereocenters. The van der Waals surface area contributed by atoms with Crippen molar-refractivity contribution in [3.8, 4) is 0 Å². The molecule has 0 radical (unpaired) electrons. The average Bonchev–Trinajstić information content (AvgIpc) is 2.72. The minimum atomic E-state index is -0.506. The molecule has 2 aromatic rings. The van der Waals surface area contributed by atoms with E-state index in [0.717, 1.165) is 16.5 Å². The van der Waals surface area contributed by atoms with Crippen molar-refractivity contribution in [2.24, 2.45) is 0 Å². The van der Waals surface area contributed by atoms with E-state index in [0.29, 0.717) is 25.1 Å². The number of para-hydroxylation sites is 1. The zero-order valence-electron chi connectivity index (χ0n) is 15.5.